The van der Waals surface area contributed by atoms with Crippen molar-refractivity contribution in [1.29, 1.82) is 5.26 Å². The van der Waals surface area contributed by atoms with Crippen LogP contribution in [0.1, 0.15) is 27.6 Å². The molecule has 0 aromatic heterocycles. The van der Waals surface area contributed by atoms with Gasteiger partial charge >= 0.3 is 5.97 Å². The maximum absolute atomic E-state index is 13.3. The van der Waals surface area contributed by atoms with Crippen LogP contribution in [-0.2, 0) is 9.53 Å². The molecule has 8 heteroatoms. The molecule has 5 nitrogen and oxygen atoms in total. The molecule has 4 aromatic carbocycles. The third kappa shape index (κ3) is 6.27. The average molecular weight is 533 g/mol. The van der Waals surface area contributed by atoms with Gasteiger partial charge in [0.05, 0.1) is 11.1 Å². The highest BCUT2D eigenvalue weighted by Gasteiger charge is 2.27. The Kier molecular flexibility index (Phi) is 8.29. The number of ether oxygens (including phenoxy) is 1. The highest BCUT2D eigenvalue weighted by molar-refractivity contribution is 7.99. The van der Waals surface area contributed by atoms with Crippen molar-refractivity contribution in [3.05, 3.63) is 124 Å². The number of nitrogens with zero attached hydrogens (tertiary/aromatic N) is 1. The maximum Gasteiger partial charge on any atom is 0.340 e. The van der Waals surface area contributed by atoms with Crippen LogP contribution in [0.4, 0.5) is 5.69 Å². The molecule has 4 aromatic rings. The molecule has 0 bridgehead atoms. The first-order chi connectivity index (χ1) is 17.4. The number of anilines is 1. The monoisotopic (exact) mass is 532 g/mol. The summed E-state index contributed by atoms with van der Waals surface area (Å²) in [6.45, 7) is 0. The Morgan fingerprint density at radius 2 is 1.44 bits per heavy atom. The lowest BCUT2D eigenvalue weighted by atomic mass is 10.1. The zero-order valence-corrected chi connectivity index (χ0v) is 21.0. The van der Waals surface area contributed by atoms with E-state index in [4.69, 9.17) is 27.9 Å². The molecular formula is C28H18Cl2N2O3S. The van der Waals surface area contributed by atoms with Gasteiger partial charge in [-0.25, -0.2) is 4.79 Å². The van der Waals surface area contributed by atoms with Crippen molar-refractivity contribution >= 4 is 52.5 Å². The molecule has 1 atom stereocenters. The smallest absolute Gasteiger partial charge is 0.340 e. The largest absolute Gasteiger partial charge is 0.444 e. The van der Waals surface area contributed by atoms with E-state index < -0.39 is 18.0 Å². The minimum Gasteiger partial charge on any atom is -0.444 e. The van der Waals surface area contributed by atoms with Gasteiger partial charge in [-0.2, -0.15) is 5.26 Å². The van der Waals surface area contributed by atoms with Gasteiger partial charge in [0.2, 0.25) is 6.10 Å². The molecule has 0 aliphatic rings. The second-order valence-corrected chi connectivity index (χ2v) is 9.51. The summed E-state index contributed by atoms with van der Waals surface area (Å²) in [4.78, 5) is 27.9. The molecular weight excluding hydrogens is 515 g/mol. The molecule has 0 saturated heterocycles. The highest BCUT2D eigenvalue weighted by atomic mass is 35.5. The summed E-state index contributed by atoms with van der Waals surface area (Å²) < 4.78 is 5.76. The topological polar surface area (TPSA) is 79.2 Å². The molecule has 36 heavy (non-hydrogen) atoms. The van der Waals surface area contributed by atoms with E-state index in [0.717, 1.165) is 0 Å². The predicted octanol–water partition coefficient (Wildman–Crippen LogP) is 7.55. The van der Waals surface area contributed by atoms with E-state index >= 15 is 0 Å². The van der Waals surface area contributed by atoms with Crippen LogP contribution in [0.3, 0.4) is 0 Å². The number of hydrogen-bond acceptors (Lipinski definition) is 5. The lowest BCUT2D eigenvalue weighted by Gasteiger charge is -2.19. The van der Waals surface area contributed by atoms with Gasteiger partial charge in [0.1, 0.15) is 6.07 Å². The van der Waals surface area contributed by atoms with Gasteiger partial charge in [0.15, 0.2) is 0 Å². The number of carbonyl (C=O) groups is 2. The van der Waals surface area contributed by atoms with Gasteiger partial charge in [-0.3, -0.25) is 4.79 Å². The van der Waals surface area contributed by atoms with Crippen LogP contribution in [0.2, 0.25) is 10.0 Å². The number of hydrogen-bond donors (Lipinski definition) is 1. The lowest BCUT2D eigenvalue weighted by Crippen LogP contribution is -2.26. The first kappa shape index (κ1) is 25.3. The Hall–Kier alpha value is -3.76. The molecule has 1 N–H and O–H groups in total. The Labute approximate surface area is 222 Å². The summed E-state index contributed by atoms with van der Waals surface area (Å²) in [6, 6.07) is 29.5. The molecule has 0 aliphatic carbocycles. The lowest BCUT2D eigenvalue weighted by molar-refractivity contribution is -0.125. The van der Waals surface area contributed by atoms with Crippen molar-refractivity contribution in [3.63, 3.8) is 0 Å². The van der Waals surface area contributed by atoms with Crippen LogP contribution >= 0.6 is 35.0 Å². The van der Waals surface area contributed by atoms with E-state index in [1.165, 1.54) is 11.8 Å². The number of halogens is 2. The van der Waals surface area contributed by atoms with Crippen molar-refractivity contribution in [3.8, 4) is 6.07 Å². The third-order valence-corrected chi connectivity index (χ3v) is 6.62. The van der Waals surface area contributed by atoms with Crippen molar-refractivity contribution in [1.82, 2.24) is 0 Å². The molecule has 0 radical (unpaired) electrons. The molecule has 0 fully saturated rings. The number of esters is 1. The molecule has 4 rings (SSSR count). The number of nitrogens with one attached hydrogen (secondary N) is 1. The summed E-state index contributed by atoms with van der Waals surface area (Å²) in [5, 5.41) is 12.9. The zero-order chi connectivity index (χ0) is 25.5. The first-order valence-corrected chi connectivity index (χ1v) is 12.3. The number of rotatable bonds is 7. The fraction of sp³-hybridized carbons (Fsp3) is 0.0357. The van der Waals surface area contributed by atoms with Crippen molar-refractivity contribution in [2.24, 2.45) is 0 Å². The van der Waals surface area contributed by atoms with E-state index in [1.54, 1.807) is 84.9 Å². The summed E-state index contributed by atoms with van der Waals surface area (Å²) in [7, 11) is 0. The van der Waals surface area contributed by atoms with Gasteiger partial charge in [-0.05, 0) is 42.5 Å². The minimum atomic E-state index is -1.24. The Morgan fingerprint density at radius 1 is 0.833 bits per heavy atom. The third-order valence-electron chi connectivity index (χ3n) is 5.03. The molecule has 1 amide bonds. The van der Waals surface area contributed by atoms with Gasteiger partial charge in [0.25, 0.3) is 5.91 Å². The number of amides is 1. The standard InChI is InChI=1S/C28H18Cl2N2O3S/c29-20-14-21(30)16-22(15-20)32-27(33)26(18-8-2-1-3-9-18)35-28(34)23-11-5-7-13-25(23)36-24-12-6-4-10-19(24)17-31/h1-16,26H,(H,32,33)/t26-/m1/s1. The second-order valence-electron chi connectivity index (χ2n) is 7.55. The fourth-order valence-electron chi connectivity index (χ4n) is 3.40. The highest BCUT2D eigenvalue weighted by Crippen LogP contribution is 2.34. The summed E-state index contributed by atoms with van der Waals surface area (Å²) in [5.41, 5.74) is 1.64. The summed E-state index contributed by atoms with van der Waals surface area (Å²) in [6.07, 6.45) is -1.24. The second kappa shape index (κ2) is 11.8. The van der Waals surface area contributed by atoms with Gasteiger partial charge < -0.3 is 10.1 Å². The van der Waals surface area contributed by atoms with Crippen LogP contribution in [0, 0.1) is 11.3 Å². The number of nitriles is 1. The SMILES string of the molecule is N#Cc1ccccc1Sc1ccccc1C(=O)O[C@@H](C(=O)Nc1cc(Cl)cc(Cl)c1)c1ccccc1. The summed E-state index contributed by atoms with van der Waals surface area (Å²) >= 11 is 13.4. The number of benzene rings is 4. The van der Waals surface area contributed by atoms with Crippen LogP contribution in [0.5, 0.6) is 0 Å². The molecule has 0 unspecified atom stereocenters. The Balaban J connectivity index is 1.62. The Bertz CT molecular complexity index is 1430. The Morgan fingerprint density at radius 3 is 2.14 bits per heavy atom. The minimum absolute atomic E-state index is 0.273. The van der Waals surface area contributed by atoms with E-state index in [2.05, 4.69) is 11.4 Å². The zero-order valence-electron chi connectivity index (χ0n) is 18.7. The molecule has 0 heterocycles. The van der Waals surface area contributed by atoms with Gasteiger partial charge in [-0.15, -0.1) is 0 Å². The maximum atomic E-state index is 13.3. The molecule has 0 aliphatic heterocycles. The van der Waals surface area contributed by atoms with Crippen LogP contribution in [0.15, 0.2) is 107 Å². The fourth-order valence-corrected chi connectivity index (χ4v) is 4.94. The van der Waals surface area contributed by atoms with Crippen molar-refractivity contribution in [2.45, 2.75) is 15.9 Å². The summed E-state index contributed by atoms with van der Waals surface area (Å²) in [5.74, 6) is -1.24. The van der Waals surface area contributed by atoms with Gasteiger partial charge in [-0.1, -0.05) is 89.6 Å². The first-order valence-electron chi connectivity index (χ1n) is 10.7. The quantitative estimate of drug-likeness (QED) is 0.248. The van der Waals surface area contributed by atoms with E-state index in [0.29, 0.717) is 36.7 Å². The number of carbonyl (C=O) groups excluding carboxylic acids is 2. The molecule has 178 valence electrons. The van der Waals surface area contributed by atoms with Crippen molar-refractivity contribution in [2.75, 3.05) is 5.32 Å². The molecule has 0 spiro atoms. The van der Waals surface area contributed by atoms with Crippen molar-refractivity contribution < 1.29 is 14.3 Å². The van der Waals surface area contributed by atoms with Gasteiger partial charge in [0, 0.05) is 31.1 Å². The van der Waals surface area contributed by atoms with E-state index in [1.807, 2.05) is 12.1 Å². The van der Waals surface area contributed by atoms with E-state index in [-0.39, 0.29) is 5.56 Å². The van der Waals surface area contributed by atoms with E-state index in [9.17, 15) is 14.9 Å². The van der Waals surface area contributed by atoms with Crippen LogP contribution in [-0.4, -0.2) is 11.9 Å². The predicted molar refractivity (Wildman–Crippen MR) is 141 cm³/mol. The van der Waals surface area contributed by atoms with Crippen LogP contribution in [0.25, 0.3) is 0 Å². The molecule has 0 saturated carbocycles. The normalized spacial score (nSPS) is 11.2. The average Bonchev–Trinajstić information content (AvgIpc) is 2.87. The van der Waals surface area contributed by atoms with Crippen LogP contribution < -0.4 is 5.32 Å².